The van der Waals surface area contributed by atoms with Gasteiger partial charge in [0.15, 0.2) is 0 Å². The molecule has 0 spiro atoms. The summed E-state index contributed by atoms with van der Waals surface area (Å²) in [6.07, 6.45) is 7.51. The Labute approximate surface area is 171 Å². The summed E-state index contributed by atoms with van der Waals surface area (Å²) in [5.41, 5.74) is 8.06. The first-order valence-electron chi connectivity index (χ1n) is 10.9. The van der Waals surface area contributed by atoms with Crippen LogP contribution in [-0.2, 0) is 17.6 Å². The third kappa shape index (κ3) is 5.21. The maximum atomic E-state index is 12.5. The number of benzene rings is 1. The Morgan fingerprint density at radius 3 is 2.62 bits per heavy atom. The largest absolute Gasteiger partial charge is 0.507 e. The topological polar surface area (TPSA) is 85.7 Å². The molecule has 0 radical (unpaired) electrons. The van der Waals surface area contributed by atoms with E-state index in [9.17, 15) is 9.90 Å². The van der Waals surface area contributed by atoms with Gasteiger partial charge in [-0.25, -0.2) is 4.79 Å². The zero-order valence-corrected chi connectivity index (χ0v) is 16.9. The molecule has 1 aliphatic heterocycles. The first-order chi connectivity index (χ1) is 14.1. The van der Waals surface area contributed by atoms with Crippen molar-refractivity contribution in [1.29, 1.82) is 0 Å². The molecule has 5 nitrogen and oxygen atoms in total. The molecule has 4 rings (SSSR count). The summed E-state index contributed by atoms with van der Waals surface area (Å²) >= 11 is 0. The van der Waals surface area contributed by atoms with Crippen LogP contribution in [0.5, 0.6) is 5.75 Å². The quantitative estimate of drug-likeness (QED) is 0.644. The van der Waals surface area contributed by atoms with Crippen molar-refractivity contribution in [2.75, 3.05) is 18.9 Å². The van der Waals surface area contributed by atoms with E-state index in [1.54, 1.807) is 6.07 Å². The fourth-order valence-corrected chi connectivity index (χ4v) is 4.58. The maximum Gasteiger partial charge on any atom is 0.342 e. The molecule has 29 heavy (non-hydrogen) atoms. The lowest BCUT2D eigenvalue weighted by Gasteiger charge is -2.21. The molecule has 2 aromatic rings. The molecule has 3 N–H and O–H groups in total. The van der Waals surface area contributed by atoms with Crippen LogP contribution in [0.3, 0.4) is 0 Å². The van der Waals surface area contributed by atoms with Gasteiger partial charge in [-0.05, 0) is 80.4 Å². The molecule has 0 bridgehead atoms. The third-order valence-electron chi connectivity index (χ3n) is 6.38. The number of ether oxygens (including phenoxy) is 1. The van der Waals surface area contributed by atoms with Gasteiger partial charge in [0.25, 0.3) is 0 Å². The number of nitrogens with two attached hydrogens (primary N) is 1. The first kappa shape index (κ1) is 20.0. The summed E-state index contributed by atoms with van der Waals surface area (Å²) in [5, 5.41) is 10.4. The van der Waals surface area contributed by atoms with Crippen LogP contribution in [0.1, 0.15) is 61.3 Å². The Morgan fingerprint density at radius 1 is 1.14 bits per heavy atom. The second kappa shape index (κ2) is 9.04. The Hall–Kier alpha value is -2.27. The molecule has 1 aromatic heterocycles. The fourth-order valence-electron chi connectivity index (χ4n) is 4.58. The Bertz CT molecular complexity index is 881. The number of rotatable bonds is 8. The average Bonchev–Trinajstić information content (AvgIpc) is 3.53. The van der Waals surface area contributed by atoms with E-state index >= 15 is 0 Å². The van der Waals surface area contributed by atoms with Gasteiger partial charge in [-0.2, -0.15) is 0 Å². The molecule has 1 aromatic carbocycles. The van der Waals surface area contributed by atoms with Gasteiger partial charge in [0.1, 0.15) is 11.5 Å². The summed E-state index contributed by atoms with van der Waals surface area (Å²) in [6, 6.07) is 9.79. The molecule has 0 amide bonds. The minimum absolute atomic E-state index is 0.0789. The third-order valence-corrected chi connectivity index (χ3v) is 6.38. The van der Waals surface area contributed by atoms with Crippen LogP contribution in [0, 0.1) is 11.8 Å². The SMILES string of the molecule is Nc1cccc(C(CCCc2c(O)cc(CC3CCOCC3)oc2=O)C2CC2)c1. The summed E-state index contributed by atoms with van der Waals surface area (Å²) < 4.78 is 10.9. The van der Waals surface area contributed by atoms with Crippen molar-refractivity contribution in [3.63, 3.8) is 0 Å². The standard InChI is InChI=1S/C24H31NO4/c25-19-4-1-3-18(14-19)21(17-7-8-17)5-2-6-22-23(26)15-20(29-24(22)27)13-16-9-11-28-12-10-16/h1,3-4,14-17,21,26H,2,5-13,25H2. The number of anilines is 1. The van der Waals surface area contributed by atoms with Crippen molar-refractivity contribution in [1.82, 2.24) is 0 Å². The van der Waals surface area contributed by atoms with Crippen LogP contribution in [0.25, 0.3) is 0 Å². The summed E-state index contributed by atoms with van der Waals surface area (Å²) in [6.45, 7) is 1.52. The van der Waals surface area contributed by atoms with E-state index in [-0.39, 0.29) is 11.4 Å². The minimum atomic E-state index is -0.390. The van der Waals surface area contributed by atoms with E-state index in [0.717, 1.165) is 44.6 Å². The van der Waals surface area contributed by atoms with Gasteiger partial charge in [0.05, 0.1) is 5.56 Å². The van der Waals surface area contributed by atoms with Gasteiger partial charge in [-0.3, -0.25) is 0 Å². The van der Waals surface area contributed by atoms with Crippen LogP contribution < -0.4 is 11.4 Å². The predicted molar refractivity (Wildman–Crippen MR) is 113 cm³/mol. The maximum absolute atomic E-state index is 12.5. The highest BCUT2D eigenvalue weighted by atomic mass is 16.5. The highest BCUT2D eigenvalue weighted by Gasteiger charge is 2.32. The lowest BCUT2D eigenvalue weighted by molar-refractivity contribution is 0.0648. The van der Waals surface area contributed by atoms with E-state index < -0.39 is 0 Å². The lowest BCUT2D eigenvalue weighted by atomic mass is 9.88. The van der Waals surface area contributed by atoms with Gasteiger partial charge in [0.2, 0.25) is 0 Å². The van der Waals surface area contributed by atoms with Crippen molar-refractivity contribution < 1.29 is 14.3 Å². The Kier molecular flexibility index (Phi) is 6.24. The van der Waals surface area contributed by atoms with E-state index in [0.29, 0.717) is 41.9 Å². The summed E-state index contributed by atoms with van der Waals surface area (Å²) in [5.74, 6) is 2.30. The van der Waals surface area contributed by atoms with Gasteiger partial charge >= 0.3 is 5.63 Å². The van der Waals surface area contributed by atoms with E-state index in [1.165, 1.54) is 18.4 Å². The lowest BCUT2D eigenvalue weighted by Crippen LogP contribution is -2.18. The van der Waals surface area contributed by atoms with E-state index in [2.05, 4.69) is 12.1 Å². The Morgan fingerprint density at radius 2 is 1.93 bits per heavy atom. The van der Waals surface area contributed by atoms with Crippen LogP contribution >= 0.6 is 0 Å². The zero-order chi connectivity index (χ0) is 20.2. The van der Waals surface area contributed by atoms with Crippen molar-refractivity contribution in [3.05, 3.63) is 57.6 Å². The summed E-state index contributed by atoms with van der Waals surface area (Å²) in [7, 11) is 0. The van der Waals surface area contributed by atoms with E-state index in [1.807, 2.05) is 12.1 Å². The molecule has 156 valence electrons. The number of hydrogen-bond donors (Lipinski definition) is 2. The zero-order valence-electron chi connectivity index (χ0n) is 16.9. The Balaban J connectivity index is 1.38. The minimum Gasteiger partial charge on any atom is -0.507 e. The van der Waals surface area contributed by atoms with Gasteiger partial charge < -0.3 is 20.0 Å². The predicted octanol–water partition coefficient (Wildman–Crippen LogP) is 4.41. The molecular formula is C24H31NO4. The van der Waals surface area contributed by atoms with Crippen molar-refractivity contribution in [3.8, 4) is 5.75 Å². The number of hydrogen-bond acceptors (Lipinski definition) is 5. The average molecular weight is 398 g/mol. The molecule has 2 aliphatic rings. The van der Waals surface area contributed by atoms with Gasteiger partial charge in [-0.15, -0.1) is 0 Å². The van der Waals surface area contributed by atoms with Crippen LogP contribution in [0.2, 0.25) is 0 Å². The number of nitrogen functional groups attached to an aromatic ring is 1. The summed E-state index contributed by atoms with van der Waals surface area (Å²) in [4.78, 5) is 12.5. The smallest absolute Gasteiger partial charge is 0.342 e. The highest BCUT2D eigenvalue weighted by molar-refractivity contribution is 5.42. The second-order valence-electron chi connectivity index (χ2n) is 8.63. The molecule has 1 atom stereocenters. The molecule has 1 aliphatic carbocycles. The van der Waals surface area contributed by atoms with Gasteiger partial charge in [-0.1, -0.05) is 12.1 Å². The monoisotopic (exact) mass is 397 g/mol. The molecule has 5 heteroatoms. The van der Waals surface area contributed by atoms with Crippen molar-refractivity contribution in [2.24, 2.45) is 11.8 Å². The molecule has 1 saturated carbocycles. The van der Waals surface area contributed by atoms with Crippen molar-refractivity contribution >= 4 is 5.69 Å². The first-order valence-corrected chi connectivity index (χ1v) is 10.9. The van der Waals surface area contributed by atoms with Crippen LogP contribution in [0.4, 0.5) is 5.69 Å². The van der Waals surface area contributed by atoms with Crippen molar-refractivity contribution in [2.45, 2.75) is 57.3 Å². The molecule has 1 saturated heterocycles. The van der Waals surface area contributed by atoms with Gasteiger partial charge in [0, 0.05) is 31.4 Å². The normalized spacial score (nSPS) is 18.6. The molecular weight excluding hydrogens is 366 g/mol. The van der Waals surface area contributed by atoms with Crippen LogP contribution in [0.15, 0.2) is 39.5 Å². The highest BCUT2D eigenvalue weighted by Crippen LogP contribution is 2.45. The molecule has 2 fully saturated rings. The second-order valence-corrected chi connectivity index (χ2v) is 8.63. The van der Waals surface area contributed by atoms with Crippen LogP contribution in [-0.4, -0.2) is 18.3 Å². The molecule has 1 unspecified atom stereocenters. The molecule has 2 heterocycles. The number of aromatic hydroxyl groups is 1. The fraction of sp³-hybridized carbons (Fsp3) is 0.542. The van der Waals surface area contributed by atoms with E-state index in [4.69, 9.17) is 14.9 Å².